The molecule has 1 unspecified atom stereocenters. The van der Waals surface area contributed by atoms with Crippen molar-refractivity contribution in [2.45, 2.75) is 38.8 Å². The van der Waals surface area contributed by atoms with Crippen molar-refractivity contribution in [3.63, 3.8) is 0 Å². The first-order chi connectivity index (χ1) is 13.9. The normalized spacial score (nSPS) is 17.2. The molecule has 0 saturated heterocycles. The molecule has 3 rings (SSSR count). The summed E-state index contributed by atoms with van der Waals surface area (Å²) in [5.74, 6) is -2.76. The van der Waals surface area contributed by atoms with Gasteiger partial charge in [-0.15, -0.1) is 0 Å². The fraction of sp³-hybridized carbons (Fsp3) is 0.562. The second kappa shape index (κ2) is 9.57. The third-order valence-electron chi connectivity index (χ3n) is 4.19. The Morgan fingerprint density at radius 2 is 2.03 bits per heavy atom. The summed E-state index contributed by atoms with van der Waals surface area (Å²) in [5.41, 5.74) is 2.26. The Kier molecular flexibility index (Phi) is 7.60. The zero-order valence-corrected chi connectivity index (χ0v) is 17.2. The van der Waals surface area contributed by atoms with E-state index in [1.54, 1.807) is 6.20 Å². The van der Waals surface area contributed by atoms with Crippen molar-refractivity contribution in [3.8, 4) is 0 Å². The first-order valence-electron chi connectivity index (χ1n) is 8.90. The summed E-state index contributed by atoms with van der Waals surface area (Å²) in [6.45, 7) is 5.59. The van der Waals surface area contributed by atoms with Crippen LogP contribution in [0, 0.1) is 0 Å². The average molecular weight is 452 g/mol. The van der Waals surface area contributed by atoms with Gasteiger partial charge in [0.05, 0.1) is 24.2 Å². The molecule has 30 heavy (non-hydrogen) atoms. The van der Waals surface area contributed by atoms with Crippen molar-refractivity contribution in [3.05, 3.63) is 35.9 Å². The number of nitrogens with zero attached hydrogens (tertiary/aromatic N) is 5. The molecule has 2 N–H and O–H groups in total. The van der Waals surface area contributed by atoms with E-state index in [2.05, 4.69) is 32.9 Å². The number of sulfonamides is 1. The van der Waals surface area contributed by atoms with Gasteiger partial charge in [0.25, 0.3) is 0 Å². The quantitative estimate of drug-likeness (QED) is 0.666. The molecule has 0 bridgehead atoms. The molecule has 10 nitrogen and oxygen atoms in total. The van der Waals surface area contributed by atoms with Gasteiger partial charge in [-0.3, -0.25) is 14.3 Å². The van der Waals surface area contributed by atoms with Gasteiger partial charge in [0.15, 0.2) is 0 Å². The first kappa shape index (κ1) is 23.8. The predicted octanol–water partition coefficient (Wildman–Crippen LogP) is 0.839. The molecule has 1 aliphatic rings. The Balaban J connectivity index is 0.000000396. The summed E-state index contributed by atoms with van der Waals surface area (Å²) >= 11 is 0. The Morgan fingerprint density at radius 3 is 2.57 bits per heavy atom. The fourth-order valence-electron chi connectivity index (χ4n) is 2.90. The minimum atomic E-state index is -5.08. The molecule has 1 aliphatic heterocycles. The number of carboxylic acid groups (broad SMARTS) is 1. The van der Waals surface area contributed by atoms with Gasteiger partial charge >= 0.3 is 12.1 Å². The predicted molar refractivity (Wildman–Crippen MR) is 99.8 cm³/mol. The molecule has 0 spiro atoms. The highest BCUT2D eigenvalue weighted by molar-refractivity contribution is 7.88. The van der Waals surface area contributed by atoms with Gasteiger partial charge in [-0.1, -0.05) is 0 Å². The zero-order valence-electron chi connectivity index (χ0n) is 16.4. The maximum Gasteiger partial charge on any atom is 0.490 e. The van der Waals surface area contributed by atoms with Crippen molar-refractivity contribution in [1.29, 1.82) is 0 Å². The van der Waals surface area contributed by atoms with Crippen molar-refractivity contribution in [2.24, 2.45) is 0 Å². The molecule has 0 aromatic carbocycles. The van der Waals surface area contributed by atoms with Gasteiger partial charge in [0.2, 0.25) is 10.0 Å². The van der Waals surface area contributed by atoms with Crippen LogP contribution < -0.4 is 4.72 Å². The maximum absolute atomic E-state index is 11.4. The number of halogens is 3. The van der Waals surface area contributed by atoms with Crippen LogP contribution in [0.1, 0.15) is 24.2 Å². The lowest BCUT2D eigenvalue weighted by atomic mass is 10.1. The second-order valence-corrected chi connectivity index (χ2v) is 8.55. The smallest absolute Gasteiger partial charge is 0.475 e. The first-order valence-corrected chi connectivity index (χ1v) is 10.8. The van der Waals surface area contributed by atoms with E-state index in [1.165, 1.54) is 6.26 Å². The summed E-state index contributed by atoms with van der Waals surface area (Å²) in [4.78, 5) is 11.2. The average Bonchev–Trinajstić information content (AvgIpc) is 3.27. The summed E-state index contributed by atoms with van der Waals surface area (Å²) in [6.07, 6.45) is 1.80. The molecule has 0 saturated carbocycles. The number of rotatable bonds is 6. The largest absolute Gasteiger partial charge is 0.490 e. The second-order valence-electron chi connectivity index (χ2n) is 6.72. The number of aromatic nitrogens is 4. The number of alkyl halides is 3. The number of hydrogen-bond acceptors (Lipinski definition) is 6. The van der Waals surface area contributed by atoms with Crippen LogP contribution in [-0.4, -0.2) is 69.5 Å². The van der Waals surface area contributed by atoms with E-state index in [-0.39, 0.29) is 6.04 Å². The van der Waals surface area contributed by atoms with Crippen molar-refractivity contribution >= 4 is 16.0 Å². The molecule has 2 aromatic rings. The minimum absolute atomic E-state index is 0.00954. The summed E-state index contributed by atoms with van der Waals surface area (Å²) in [7, 11) is -3.21. The third kappa shape index (κ3) is 7.11. The maximum atomic E-state index is 11.4. The number of fused-ring (bicyclic) bond motifs is 1. The van der Waals surface area contributed by atoms with Crippen LogP contribution in [0.2, 0.25) is 0 Å². The number of aliphatic carboxylic acids is 1. The van der Waals surface area contributed by atoms with E-state index < -0.39 is 22.2 Å². The Labute approximate surface area is 171 Å². The number of hydrogen-bond donors (Lipinski definition) is 2. The molecule has 14 heteroatoms. The summed E-state index contributed by atoms with van der Waals surface area (Å²) in [5, 5.41) is 15.8. The number of carbonyl (C=O) groups is 1. The summed E-state index contributed by atoms with van der Waals surface area (Å²) in [6, 6.07) is 1.97. The van der Waals surface area contributed by atoms with Crippen molar-refractivity contribution in [2.75, 3.05) is 19.3 Å². The SMILES string of the molecule is CCn1cc(CN2Cc3ccnn3C(CNS(C)(=O)=O)C2)cn1.O=C(O)C(F)(F)F. The van der Waals surface area contributed by atoms with Gasteiger partial charge in [0, 0.05) is 50.7 Å². The van der Waals surface area contributed by atoms with Gasteiger partial charge in [-0.25, -0.2) is 17.9 Å². The minimum Gasteiger partial charge on any atom is -0.475 e. The number of carboxylic acids is 1. The molecule has 0 aliphatic carbocycles. The van der Waals surface area contributed by atoms with E-state index in [0.717, 1.165) is 37.4 Å². The van der Waals surface area contributed by atoms with Crippen molar-refractivity contribution < 1.29 is 31.5 Å². The third-order valence-corrected chi connectivity index (χ3v) is 4.88. The van der Waals surface area contributed by atoms with E-state index in [1.807, 2.05) is 21.6 Å². The van der Waals surface area contributed by atoms with Crippen LogP contribution >= 0.6 is 0 Å². The standard InChI is InChI=1S/C14H22N6O2S.C2HF3O2/c1-3-19-9-12(6-16-19)8-18-10-13-4-5-15-20(13)14(11-18)7-17-23(2,21)22;3-2(4,5)1(6)7/h4-6,9,14,17H,3,7-8,10-11H2,1-2H3;(H,6,7). The molecule has 168 valence electrons. The topological polar surface area (TPSA) is 122 Å². The Bertz CT molecular complexity index is 956. The molecule has 0 fully saturated rings. The van der Waals surface area contributed by atoms with Crippen LogP contribution in [0.15, 0.2) is 24.7 Å². The molecule has 3 heterocycles. The van der Waals surface area contributed by atoms with Crippen molar-refractivity contribution in [1.82, 2.24) is 29.2 Å². The lowest BCUT2D eigenvalue weighted by Gasteiger charge is -2.33. The summed E-state index contributed by atoms with van der Waals surface area (Å²) < 4.78 is 60.9. The lowest BCUT2D eigenvalue weighted by molar-refractivity contribution is -0.192. The van der Waals surface area contributed by atoms with Crippen LogP contribution in [0.5, 0.6) is 0 Å². The van der Waals surface area contributed by atoms with Gasteiger partial charge in [0.1, 0.15) is 0 Å². The Morgan fingerprint density at radius 1 is 1.37 bits per heavy atom. The molecular formula is C16H23F3N6O4S. The number of nitrogens with one attached hydrogen (secondary N) is 1. The van der Waals surface area contributed by atoms with Gasteiger partial charge in [-0.05, 0) is 13.0 Å². The van der Waals surface area contributed by atoms with E-state index in [9.17, 15) is 21.6 Å². The van der Waals surface area contributed by atoms with Gasteiger partial charge < -0.3 is 5.11 Å². The zero-order chi connectivity index (χ0) is 22.5. The molecule has 2 aromatic heterocycles. The molecule has 1 atom stereocenters. The molecular weight excluding hydrogens is 429 g/mol. The van der Waals surface area contributed by atoms with Crippen LogP contribution in [0.4, 0.5) is 13.2 Å². The van der Waals surface area contributed by atoms with Crippen LogP contribution in [0.3, 0.4) is 0 Å². The van der Waals surface area contributed by atoms with E-state index >= 15 is 0 Å². The lowest BCUT2D eigenvalue weighted by Crippen LogP contribution is -2.42. The van der Waals surface area contributed by atoms with Crippen LogP contribution in [-0.2, 0) is 34.5 Å². The molecule has 0 radical (unpaired) electrons. The monoisotopic (exact) mass is 452 g/mol. The van der Waals surface area contributed by atoms with E-state index in [4.69, 9.17) is 9.90 Å². The van der Waals surface area contributed by atoms with E-state index in [0.29, 0.717) is 6.54 Å². The number of aryl methyl sites for hydroxylation is 1. The Hall–Kier alpha value is -2.45. The highest BCUT2D eigenvalue weighted by Gasteiger charge is 2.38. The fourth-order valence-corrected chi connectivity index (χ4v) is 3.40. The highest BCUT2D eigenvalue weighted by atomic mass is 32.2. The van der Waals surface area contributed by atoms with Crippen LogP contribution in [0.25, 0.3) is 0 Å². The molecule has 0 amide bonds. The van der Waals surface area contributed by atoms with Gasteiger partial charge in [-0.2, -0.15) is 23.4 Å². The highest BCUT2D eigenvalue weighted by Crippen LogP contribution is 2.21.